The SMILES string of the molecule is CSc1ncc(C=CCNC(=O)OCC2c3ccccc3-c3ccccc32)c(C(=O)O)n1. The summed E-state index contributed by atoms with van der Waals surface area (Å²) in [5.41, 5.74) is 4.92. The molecule has 1 aliphatic carbocycles. The number of carboxylic acid groups (broad SMARTS) is 1. The summed E-state index contributed by atoms with van der Waals surface area (Å²) in [6.45, 7) is 0.413. The fraction of sp³-hybridized carbons (Fsp3) is 0.167. The van der Waals surface area contributed by atoms with Crippen LogP contribution >= 0.6 is 11.8 Å². The van der Waals surface area contributed by atoms with Crippen molar-refractivity contribution >= 4 is 29.9 Å². The summed E-state index contributed by atoms with van der Waals surface area (Å²) in [5, 5.41) is 12.4. The fourth-order valence-electron chi connectivity index (χ4n) is 3.74. The third-order valence-electron chi connectivity index (χ3n) is 5.19. The van der Waals surface area contributed by atoms with E-state index in [0.717, 1.165) is 11.1 Å². The highest BCUT2D eigenvalue weighted by molar-refractivity contribution is 7.98. The standard InChI is InChI=1S/C24H21N3O4S/c1-32-23-26-13-15(21(27-23)22(28)29)7-6-12-25-24(30)31-14-20-18-10-4-2-8-16(18)17-9-3-5-11-19(17)20/h2-11,13,20H,12,14H2,1H3,(H,25,30)(H,28,29). The molecule has 162 valence electrons. The molecule has 2 N–H and O–H groups in total. The second-order valence-electron chi connectivity index (χ2n) is 7.07. The number of aromatic nitrogens is 2. The van der Waals surface area contributed by atoms with Gasteiger partial charge in [0, 0.05) is 24.2 Å². The topological polar surface area (TPSA) is 101 Å². The van der Waals surface area contributed by atoms with Gasteiger partial charge in [0.15, 0.2) is 10.9 Å². The average Bonchev–Trinajstić information content (AvgIpc) is 3.14. The summed E-state index contributed by atoms with van der Waals surface area (Å²) >= 11 is 1.27. The monoisotopic (exact) mass is 447 g/mol. The number of alkyl carbamates (subject to hydrolysis) is 1. The number of ether oxygens (including phenoxy) is 1. The van der Waals surface area contributed by atoms with Gasteiger partial charge in [0.25, 0.3) is 0 Å². The minimum atomic E-state index is -1.13. The van der Waals surface area contributed by atoms with E-state index in [1.807, 2.05) is 24.3 Å². The molecule has 7 nitrogen and oxygen atoms in total. The van der Waals surface area contributed by atoms with Crippen LogP contribution in [0.1, 0.15) is 33.1 Å². The Balaban J connectivity index is 1.35. The van der Waals surface area contributed by atoms with Crippen LogP contribution in [0.25, 0.3) is 17.2 Å². The molecule has 0 bridgehead atoms. The lowest BCUT2D eigenvalue weighted by molar-refractivity contribution is 0.0689. The highest BCUT2D eigenvalue weighted by Crippen LogP contribution is 2.44. The van der Waals surface area contributed by atoms with Gasteiger partial charge in [-0.1, -0.05) is 72.4 Å². The van der Waals surface area contributed by atoms with Gasteiger partial charge in [0.2, 0.25) is 0 Å². The molecule has 1 aromatic heterocycles. The van der Waals surface area contributed by atoms with Crippen LogP contribution in [0.4, 0.5) is 4.79 Å². The van der Waals surface area contributed by atoms with Crippen LogP contribution in [0.2, 0.25) is 0 Å². The molecule has 0 aliphatic heterocycles. The van der Waals surface area contributed by atoms with Crippen LogP contribution in [0.5, 0.6) is 0 Å². The number of hydrogen-bond acceptors (Lipinski definition) is 6. The van der Waals surface area contributed by atoms with Crippen LogP contribution in [-0.2, 0) is 4.74 Å². The number of fused-ring (bicyclic) bond motifs is 3. The molecular formula is C24H21N3O4S. The third-order valence-corrected chi connectivity index (χ3v) is 5.75. The Labute approximate surface area is 189 Å². The molecule has 0 fully saturated rings. The van der Waals surface area contributed by atoms with Gasteiger partial charge < -0.3 is 15.2 Å². The maximum Gasteiger partial charge on any atom is 0.407 e. The Hall–Kier alpha value is -3.65. The van der Waals surface area contributed by atoms with E-state index in [1.54, 1.807) is 18.4 Å². The minimum Gasteiger partial charge on any atom is -0.476 e. The highest BCUT2D eigenvalue weighted by Gasteiger charge is 2.28. The molecule has 0 saturated carbocycles. The number of benzene rings is 2. The summed E-state index contributed by atoms with van der Waals surface area (Å²) in [6, 6.07) is 16.3. The second-order valence-corrected chi connectivity index (χ2v) is 7.85. The van der Waals surface area contributed by atoms with Crippen molar-refractivity contribution in [3.63, 3.8) is 0 Å². The van der Waals surface area contributed by atoms with Gasteiger partial charge in [-0.05, 0) is 28.5 Å². The Kier molecular flexibility index (Phi) is 6.51. The number of hydrogen-bond donors (Lipinski definition) is 2. The Morgan fingerprint density at radius 1 is 1.12 bits per heavy atom. The van der Waals surface area contributed by atoms with E-state index in [1.165, 1.54) is 29.1 Å². The molecule has 1 amide bonds. The number of carbonyl (C=O) groups is 2. The Morgan fingerprint density at radius 3 is 2.41 bits per heavy atom. The number of carbonyl (C=O) groups excluding carboxylic acids is 1. The fourth-order valence-corrected chi connectivity index (χ4v) is 4.08. The van der Waals surface area contributed by atoms with Crippen molar-refractivity contribution in [2.45, 2.75) is 11.1 Å². The Morgan fingerprint density at radius 2 is 1.78 bits per heavy atom. The number of rotatable bonds is 7. The van der Waals surface area contributed by atoms with E-state index in [4.69, 9.17) is 4.74 Å². The summed E-state index contributed by atoms with van der Waals surface area (Å²) in [7, 11) is 0. The van der Waals surface area contributed by atoms with E-state index in [0.29, 0.717) is 10.7 Å². The molecule has 3 aromatic rings. The zero-order valence-electron chi connectivity index (χ0n) is 17.3. The molecule has 0 unspecified atom stereocenters. The zero-order chi connectivity index (χ0) is 22.5. The highest BCUT2D eigenvalue weighted by atomic mass is 32.2. The molecule has 0 spiro atoms. The van der Waals surface area contributed by atoms with Crippen molar-refractivity contribution in [2.24, 2.45) is 0 Å². The van der Waals surface area contributed by atoms with Gasteiger partial charge in [-0.15, -0.1) is 0 Å². The molecule has 4 rings (SSSR count). The number of amides is 1. The number of carboxylic acids is 1. The lowest BCUT2D eigenvalue weighted by Gasteiger charge is -2.14. The van der Waals surface area contributed by atoms with Crippen LogP contribution in [0.15, 0.2) is 66.0 Å². The number of nitrogens with zero attached hydrogens (tertiary/aromatic N) is 2. The predicted molar refractivity (Wildman–Crippen MR) is 123 cm³/mol. The average molecular weight is 448 g/mol. The number of thioether (sulfide) groups is 1. The molecule has 2 aromatic carbocycles. The molecule has 0 atom stereocenters. The van der Waals surface area contributed by atoms with Gasteiger partial charge in [0.1, 0.15) is 6.61 Å². The molecule has 32 heavy (non-hydrogen) atoms. The van der Waals surface area contributed by atoms with Gasteiger partial charge in [0.05, 0.1) is 0 Å². The van der Waals surface area contributed by atoms with Crippen molar-refractivity contribution in [1.29, 1.82) is 0 Å². The van der Waals surface area contributed by atoms with Crippen LogP contribution in [0.3, 0.4) is 0 Å². The van der Waals surface area contributed by atoms with Crippen molar-refractivity contribution in [3.05, 3.63) is 83.2 Å². The quantitative estimate of drug-likeness (QED) is 0.408. The van der Waals surface area contributed by atoms with Crippen molar-refractivity contribution in [1.82, 2.24) is 15.3 Å². The van der Waals surface area contributed by atoms with Gasteiger partial charge in [-0.2, -0.15) is 0 Å². The van der Waals surface area contributed by atoms with Crippen LogP contribution in [0, 0.1) is 0 Å². The molecule has 8 heteroatoms. The molecule has 1 aliphatic rings. The van der Waals surface area contributed by atoms with Gasteiger partial charge in [-0.3, -0.25) is 0 Å². The largest absolute Gasteiger partial charge is 0.476 e. The van der Waals surface area contributed by atoms with Crippen LogP contribution < -0.4 is 5.32 Å². The number of nitrogens with one attached hydrogen (secondary N) is 1. The molecular weight excluding hydrogens is 426 g/mol. The zero-order valence-corrected chi connectivity index (χ0v) is 18.1. The first-order chi connectivity index (χ1) is 15.6. The van der Waals surface area contributed by atoms with Crippen molar-refractivity contribution in [3.8, 4) is 11.1 Å². The van der Waals surface area contributed by atoms with E-state index >= 15 is 0 Å². The summed E-state index contributed by atoms with van der Waals surface area (Å²) in [4.78, 5) is 31.7. The van der Waals surface area contributed by atoms with E-state index < -0.39 is 12.1 Å². The maximum atomic E-state index is 12.2. The minimum absolute atomic E-state index is 0.00563. The van der Waals surface area contributed by atoms with E-state index in [2.05, 4.69) is 39.6 Å². The smallest absolute Gasteiger partial charge is 0.407 e. The second kappa shape index (κ2) is 9.65. The Bertz CT molecular complexity index is 1150. The molecule has 0 radical (unpaired) electrons. The first kappa shape index (κ1) is 21.6. The predicted octanol–water partition coefficient (Wildman–Crippen LogP) is 4.45. The third kappa shape index (κ3) is 4.50. The summed E-state index contributed by atoms with van der Waals surface area (Å²) in [5.74, 6) is -1.14. The lowest BCUT2D eigenvalue weighted by Crippen LogP contribution is -2.26. The van der Waals surface area contributed by atoms with E-state index in [-0.39, 0.29) is 24.8 Å². The normalized spacial score (nSPS) is 12.4. The molecule has 0 saturated heterocycles. The van der Waals surface area contributed by atoms with Crippen molar-refractivity contribution < 1.29 is 19.4 Å². The van der Waals surface area contributed by atoms with Crippen molar-refractivity contribution in [2.75, 3.05) is 19.4 Å². The lowest BCUT2D eigenvalue weighted by atomic mass is 9.98. The first-order valence-corrected chi connectivity index (χ1v) is 11.2. The first-order valence-electron chi connectivity index (χ1n) is 9.98. The maximum absolute atomic E-state index is 12.2. The van der Waals surface area contributed by atoms with Crippen LogP contribution in [-0.4, -0.2) is 46.5 Å². The summed E-state index contributed by atoms with van der Waals surface area (Å²) < 4.78 is 5.48. The summed E-state index contributed by atoms with van der Waals surface area (Å²) in [6.07, 6.45) is 5.88. The van der Waals surface area contributed by atoms with E-state index in [9.17, 15) is 14.7 Å². The van der Waals surface area contributed by atoms with Gasteiger partial charge >= 0.3 is 12.1 Å². The molecule has 1 heterocycles. The number of aromatic carboxylic acids is 1. The van der Waals surface area contributed by atoms with Gasteiger partial charge in [-0.25, -0.2) is 19.6 Å².